The first-order valence-corrected chi connectivity index (χ1v) is 9.72. The van der Waals surface area contributed by atoms with Crippen LogP contribution in [0.4, 0.5) is 4.39 Å². The van der Waals surface area contributed by atoms with Gasteiger partial charge in [0.1, 0.15) is 5.82 Å². The quantitative estimate of drug-likeness (QED) is 0.669. The number of carbonyl (C=O) groups is 3. The van der Waals surface area contributed by atoms with Crippen molar-refractivity contribution in [2.45, 2.75) is 33.1 Å². The second-order valence-corrected chi connectivity index (χ2v) is 7.60. The molecule has 0 radical (unpaired) electrons. The van der Waals surface area contributed by atoms with Crippen LogP contribution in [0.2, 0.25) is 0 Å². The monoisotopic (exact) mass is 392 g/mol. The first kappa shape index (κ1) is 21.9. The van der Waals surface area contributed by atoms with E-state index in [1.807, 2.05) is 13.8 Å². The Morgan fingerprint density at radius 2 is 1.93 bits per heavy atom. The van der Waals surface area contributed by atoms with Crippen molar-refractivity contribution in [3.8, 4) is 0 Å². The third-order valence-corrected chi connectivity index (χ3v) is 4.86. The lowest BCUT2D eigenvalue weighted by atomic mass is 9.95. The molecule has 0 aliphatic carbocycles. The van der Waals surface area contributed by atoms with Crippen LogP contribution < -0.4 is 0 Å². The number of rotatable bonds is 7. The molecule has 1 aliphatic heterocycles. The molecule has 2 rings (SSSR count). The minimum atomic E-state index is -0.391. The highest BCUT2D eigenvalue weighted by molar-refractivity contribution is 5.94. The molecule has 1 saturated heterocycles. The lowest BCUT2D eigenvalue weighted by Crippen LogP contribution is -2.48. The predicted molar refractivity (Wildman–Crippen MR) is 103 cm³/mol. The molecule has 1 aliphatic rings. The lowest BCUT2D eigenvalue weighted by molar-refractivity contribution is -0.143. The summed E-state index contributed by atoms with van der Waals surface area (Å²) < 4.78 is 17.8. The van der Waals surface area contributed by atoms with Gasteiger partial charge in [0.05, 0.1) is 19.4 Å². The predicted octanol–water partition coefficient (Wildman–Crippen LogP) is 2.73. The fourth-order valence-electron chi connectivity index (χ4n) is 3.46. The van der Waals surface area contributed by atoms with Crippen molar-refractivity contribution in [3.63, 3.8) is 0 Å². The van der Waals surface area contributed by atoms with Crippen molar-refractivity contribution < 1.29 is 23.5 Å². The molecular formula is C21H29FN2O4. The Kier molecular flexibility index (Phi) is 7.96. The van der Waals surface area contributed by atoms with Crippen molar-refractivity contribution in [3.05, 3.63) is 35.6 Å². The van der Waals surface area contributed by atoms with Crippen LogP contribution in [0.5, 0.6) is 0 Å². The molecule has 0 saturated carbocycles. The van der Waals surface area contributed by atoms with Gasteiger partial charge < -0.3 is 14.5 Å². The lowest BCUT2D eigenvalue weighted by Gasteiger charge is -2.35. The van der Waals surface area contributed by atoms with Crippen molar-refractivity contribution in [1.29, 1.82) is 0 Å². The maximum atomic E-state index is 13.1. The number of amides is 2. The van der Waals surface area contributed by atoms with Crippen LogP contribution in [-0.4, -0.2) is 60.9 Å². The Hall–Kier alpha value is -2.44. The molecular weight excluding hydrogens is 363 g/mol. The molecule has 0 N–H and O–H groups in total. The molecule has 1 unspecified atom stereocenters. The number of hydrogen-bond donors (Lipinski definition) is 0. The second-order valence-electron chi connectivity index (χ2n) is 7.60. The molecule has 154 valence electrons. The Bertz CT molecular complexity index is 690. The smallest absolute Gasteiger partial charge is 0.307 e. The average Bonchev–Trinajstić information content (AvgIpc) is 2.70. The number of halogens is 1. The van der Waals surface area contributed by atoms with Crippen LogP contribution in [0, 0.1) is 17.7 Å². The zero-order valence-corrected chi connectivity index (χ0v) is 16.8. The Labute approximate surface area is 165 Å². The molecule has 2 amide bonds. The molecule has 0 spiro atoms. The van der Waals surface area contributed by atoms with E-state index in [1.165, 1.54) is 31.4 Å². The SMILES string of the molecule is COC(=O)CCN(CC(C)C)C(=O)C1CCCN(C(=O)c2ccc(F)cc2)C1. The van der Waals surface area contributed by atoms with E-state index in [2.05, 4.69) is 4.74 Å². The number of carbonyl (C=O) groups excluding carboxylic acids is 3. The van der Waals surface area contributed by atoms with E-state index < -0.39 is 5.82 Å². The van der Waals surface area contributed by atoms with Crippen LogP contribution in [-0.2, 0) is 14.3 Å². The summed E-state index contributed by atoms with van der Waals surface area (Å²) in [4.78, 5) is 40.6. The van der Waals surface area contributed by atoms with E-state index in [-0.39, 0.29) is 36.0 Å². The van der Waals surface area contributed by atoms with Crippen LogP contribution in [0.25, 0.3) is 0 Å². The van der Waals surface area contributed by atoms with Gasteiger partial charge in [-0.05, 0) is 43.0 Å². The summed E-state index contributed by atoms with van der Waals surface area (Å²) in [5.41, 5.74) is 0.416. The van der Waals surface area contributed by atoms with Gasteiger partial charge in [0.25, 0.3) is 5.91 Å². The van der Waals surface area contributed by atoms with Gasteiger partial charge in [0.15, 0.2) is 0 Å². The van der Waals surface area contributed by atoms with E-state index in [4.69, 9.17) is 0 Å². The van der Waals surface area contributed by atoms with Crippen molar-refractivity contribution in [2.24, 2.45) is 11.8 Å². The van der Waals surface area contributed by atoms with E-state index in [0.29, 0.717) is 38.2 Å². The van der Waals surface area contributed by atoms with E-state index in [1.54, 1.807) is 9.80 Å². The maximum absolute atomic E-state index is 13.1. The fraction of sp³-hybridized carbons (Fsp3) is 0.571. The summed E-state index contributed by atoms with van der Waals surface area (Å²) in [5.74, 6) is -0.996. The standard InChI is InChI=1S/C21H29FN2O4/c1-15(2)13-24(12-10-19(25)28-3)21(27)17-5-4-11-23(14-17)20(26)16-6-8-18(22)9-7-16/h6-9,15,17H,4-5,10-14H2,1-3H3. The van der Waals surface area contributed by atoms with E-state index >= 15 is 0 Å². The topological polar surface area (TPSA) is 66.9 Å². The number of ether oxygens (including phenoxy) is 1. The molecule has 0 bridgehead atoms. The molecule has 0 aromatic heterocycles. The summed E-state index contributed by atoms with van der Waals surface area (Å²) in [5, 5.41) is 0. The number of likely N-dealkylation sites (tertiary alicyclic amines) is 1. The molecule has 1 fully saturated rings. The van der Waals surface area contributed by atoms with Crippen molar-refractivity contribution in [1.82, 2.24) is 9.80 Å². The van der Waals surface area contributed by atoms with E-state index in [9.17, 15) is 18.8 Å². The molecule has 1 atom stereocenters. The highest BCUT2D eigenvalue weighted by Crippen LogP contribution is 2.22. The van der Waals surface area contributed by atoms with Crippen molar-refractivity contribution in [2.75, 3.05) is 33.3 Å². The number of benzene rings is 1. The zero-order chi connectivity index (χ0) is 20.7. The molecule has 1 aromatic carbocycles. The van der Waals surface area contributed by atoms with Gasteiger partial charge in [-0.3, -0.25) is 14.4 Å². The van der Waals surface area contributed by atoms with Crippen LogP contribution in [0.1, 0.15) is 43.5 Å². The molecule has 1 aromatic rings. The minimum absolute atomic E-state index is 0.0331. The van der Waals surface area contributed by atoms with Crippen LogP contribution >= 0.6 is 0 Å². The Balaban J connectivity index is 2.04. The third-order valence-electron chi connectivity index (χ3n) is 4.86. The molecule has 6 nitrogen and oxygen atoms in total. The number of esters is 1. The summed E-state index contributed by atoms with van der Waals surface area (Å²) >= 11 is 0. The molecule has 7 heteroatoms. The van der Waals surface area contributed by atoms with Gasteiger partial charge in [-0.1, -0.05) is 13.8 Å². The largest absolute Gasteiger partial charge is 0.469 e. The number of piperidine rings is 1. The second kappa shape index (κ2) is 10.2. The summed E-state index contributed by atoms with van der Waals surface area (Å²) in [6.45, 7) is 5.81. The summed E-state index contributed by atoms with van der Waals surface area (Å²) in [7, 11) is 1.33. The first-order valence-electron chi connectivity index (χ1n) is 9.72. The zero-order valence-electron chi connectivity index (χ0n) is 16.8. The number of nitrogens with zero attached hydrogens (tertiary/aromatic N) is 2. The summed E-state index contributed by atoms with van der Waals surface area (Å²) in [6, 6.07) is 5.45. The highest BCUT2D eigenvalue weighted by atomic mass is 19.1. The van der Waals surface area contributed by atoms with E-state index in [0.717, 1.165) is 6.42 Å². The fourth-order valence-corrected chi connectivity index (χ4v) is 3.46. The Morgan fingerprint density at radius 1 is 1.25 bits per heavy atom. The molecule has 1 heterocycles. The first-order chi connectivity index (χ1) is 13.3. The van der Waals surface area contributed by atoms with Gasteiger partial charge in [-0.25, -0.2) is 4.39 Å². The summed E-state index contributed by atoms with van der Waals surface area (Å²) in [6.07, 6.45) is 1.59. The van der Waals surface area contributed by atoms with Crippen LogP contribution in [0.3, 0.4) is 0 Å². The highest BCUT2D eigenvalue weighted by Gasteiger charge is 2.32. The number of hydrogen-bond acceptors (Lipinski definition) is 4. The molecule has 28 heavy (non-hydrogen) atoms. The van der Waals surface area contributed by atoms with Gasteiger partial charge in [-0.2, -0.15) is 0 Å². The third kappa shape index (κ3) is 6.04. The van der Waals surface area contributed by atoms with Gasteiger partial charge in [-0.15, -0.1) is 0 Å². The average molecular weight is 392 g/mol. The van der Waals surface area contributed by atoms with Crippen molar-refractivity contribution >= 4 is 17.8 Å². The van der Waals surface area contributed by atoms with Gasteiger partial charge in [0, 0.05) is 31.7 Å². The van der Waals surface area contributed by atoms with Gasteiger partial charge >= 0.3 is 5.97 Å². The van der Waals surface area contributed by atoms with Gasteiger partial charge in [0.2, 0.25) is 5.91 Å². The Morgan fingerprint density at radius 3 is 2.54 bits per heavy atom. The van der Waals surface area contributed by atoms with Crippen LogP contribution in [0.15, 0.2) is 24.3 Å². The maximum Gasteiger partial charge on any atom is 0.307 e. The minimum Gasteiger partial charge on any atom is -0.469 e. The number of methoxy groups -OCH3 is 1. The normalized spacial score (nSPS) is 16.8.